The lowest BCUT2D eigenvalue weighted by molar-refractivity contribution is -0.139. The van der Waals surface area contributed by atoms with Crippen LogP contribution in [0.15, 0.2) is 63.7 Å². The van der Waals surface area contributed by atoms with Crippen LogP contribution >= 0.6 is 27.7 Å². The molecule has 0 saturated heterocycles. The van der Waals surface area contributed by atoms with E-state index < -0.39 is 0 Å². The van der Waals surface area contributed by atoms with Gasteiger partial charge in [-0.1, -0.05) is 30.0 Å². The van der Waals surface area contributed by atoms with Crippen LogP contribution in [0.4, 0.5) is 17.1 Å². The highest BCUT2D eigenvalue weighted by molar-refractivity contribution is 9.10. The smallest absolute Gasteiger partial charge is 0.311 e. The molecule has 29 heavy (non-hydrogen) atoms. The number of hydrogen-bond acceptors (Lipinski definition) is 6. The molecule has 1 amide bonds. The van der Waals surface area contributed by atoms with Crippen molar-refractivity contribution in [3.8, 4) is 0 Å². The summed E-state index contributed by atoms with van der Waals surface area (Å²) in [5, 5.41) is 6.75. The van der Waals surface area contributed by atoms with Crippen molar-refractivity contribution in [3.05, 3.63) is 64.3 Å². The SMILES string of the molecule is COC(=O)CC1=CC(SCC(=O)Nc2ccc(C)cc2Br)=Nc2ccccc2N1. The van der Waals surface area contributed by atoms with Crippen molar-refractivity contribution >= 4 is 61.7 Å². The lowest BCUT2D eigenvalue weighted by Gasteiger charge is -2.09. The quantitative estimate of drug-likeness (QED) is 0.595. The molecule has 0 aromatic heterocycles. The Labute approximate surface area is 181 Å². The molecule has 1 aliphatic heterocycles. The van der Waals surface area contributed by atoms with Crippen LogP contribution in [0.2, 0.25) is 0 Å². The molecule has 0 spiro atoms. The number of nitrogens with zero attached hydrogens (tertiary/aromatic N) is 1. The van der Waals surface area contributed by atoms with Gasteiger partial charge in [-0.3, -0.25) is 9.59 Å². The van der Waals surface area contributed by atoms with Crippen LogP contribution in [0.3, 0.4) is 0 Å². The van der Waals surface area contributed by atoms with Crippen molar-refractivity contribution < 1.29 is 14.3 Å². The second-order valence-corrected chi connectivity index (χ2v) is 8.18. The van der Waals surface area contributed by atoms with E-state index in [1.54, 1.807) is 6.08 Å². The summed E-state index contributed by atoms with van der Waals surface area (Å²) < 4.78 is 5.60. The summed E-state index contributed by atoms with van der Waals surface area (Å²) in [6, 6.07) is 13.3. The third-order valence-electron chi connectivity index (χ3n) is 4.04. The van der Waals surface area contributed by atoms with Crippen molar-refractivity contribution in [2.75, 3.05) is 23.5 Å². The number of anilines is 2. The number of esters is 1. The van der Waals surface area contributed by atoms with Gasteiger partial charge in [-0.25, -0.2) is 4.99 Å². The zero-order chi connectivity index (χ0) is 20.8. The van der Waals surface area contributed by atoms with Crippen LogP contribution in [-0.2, 0) is 14.3 Å². The Kier molecular flexibility index (Phi) is 7.11. The summed E-state index contributed by atoms with van der Waals surface area (Å²) in [6.45, 7) is 1.99. The highest BCUT2D eigenvalue weighted by atomic mass is 79.9. The number of carbonyl (C=O) groups excluding carboxylic acids is 2. The molecule has 3 rings (SSSR count). The molecule has 0 atom stereocenters. The fraction of sp³-hybridized carbons (Fsp3) is 0.190. The summed E-state index contributed by atoms with van der Waals surface area (Å²) >= 11 is 4.77. The van der Waals surface area contributed by atoms with Gasteiger partial charge in [0.05, 0.1) is 41.4 Å². The molecule has 0 fully saturated rings. The molecule has 8 heteroatoms. The van der Waals surface area contributed by atoms with Crippen molar-refractivity contribution in [2.45, 2.75) is 13.3 Å². The fourth-order valence-electron chi connectivity index (χ4n) is 2.63. The fourth-order valence-corrected chi connectivity index (χ4v) is 3.96. The average Bonchev–Trinajstić information content (AvgIpc) is 2.87. The number of aryl methyl sites for hydroxylation is 1. The monoisotopic (exact) mass is 473 g/mol. The number of aliphatic imine (C=N–C) groups is 1. The summed E-state index contributed by atoms with van der Waals surface area (Å²) in [5.41, 5.74) is 4.03. The third-order valence-corrected chi connectivity index (χ3v) is 5.61. The van der Waals surface area contributed by atoms with Crippen molar-refractivity contribution in [3.63, 3.8) is 0 Å². The molecule has 0 radical (unpaired) electrons. The minimum absolute atomic E-state index is 0.0902. The Morgan fingerprint density at radius 1 is 1.24 bits per heavy atom. The first-order valence-electron chi connectivity index (χ1n) is 8.85. The largest absolute Gasteiger partial charge is 0.469 e. The molecule has 1 heterocycles. The van der Waals surface area contributed by atoms with Crippen molar-refractivity contribution in [1.29, 1.82) is 0 Å². The number of para-hydroxylation sites is 2. The van der Waals surface area contributed by atoms with Gasteiger partial charge in [0.1, 0.15) is 0 Å². The number of thioether (sulfide) groups is 1. The van der Waals surface area contributed by atoms with Crippen LogP contribution in [0, 0.1) is 6.92 Å². The number of ether oxygens (including phenoxy) is 1. The van der Waals surface area contributed by atoms with Crippen molar-refractivity contribution in [2.24, 2.45) is 4.99 Å². The molecule has 2 aromatic rings. The summed E-state index contributed by atoms with van der Waals surface area (Å²) in [5.74, 6) is -0.311. The Morgan fingerprint density at radius 2 is 2.03 bits per heavy atom. The summed E-state index contributed by atoms with van der Waals surface area (Å²) in [7, 11) is 1.35. The number of nitrogens with one attached hydrogen (secondary N) is 2. The number of carbonyl (C=O) groups is 2. The first kappa shape index (κ1) is 21.1. The van der Waals surface area contributed by atoms with Gasteiger partial charge in [-0.05, 0) is 58.8 Å². The second kappa shape index (κ2) is 9.76. The van der Waals surface area contributed by atoms with Crippen LogP contribution in [0.1, 0.15) is 12.0 Å². The standard InChI is InChI=1S/C21H20BrN3O3S/c1-13-7-8-16(15(22)9-13)24-19(26)12-29-20-10-14(11-21(27)28-2)23-17-5-3-4-6-18(17)25-20/h3-10,23H,11-12H2,1-2H3,(H,24,26). The lowest BCUT2D eigenvalue weighted by Crippen LogP contribution is -2.15. The number of rotatable bonds is 5. The zero-order valence-corrected chi connectivity index (χ0v) is 18.4. The predicted molar refractivity (Wildman–Crippen MR) is 122 cm³/mol. The molecule has 0 aliphatic carbocycles. The summed E-state index contributed by atoms with van der Waals surface area (Å²) in [6.07, 6.45) is 1.86. The Balaban J connectivity index is 1.73. The number of benzene rings is 2. The number of hydrogen-bond donors (Lipinski definition) is 2. The Hall–Kier alpha value is -2.58. The second-order valence-electron chi connectivity index (χ2n) is 6.33. The lowest BCUT2D eigenvalue weighted by atomic mass is 10.2. The number of fused-ring (bicyclic) bond motifs is 1. The van der Waals surface area contributed by atoms with Crippen LogP contribution in [0.25, 0.3) is 0 Å². The van der Waals surface area contributed by atoms with Gasteiger partial charge in [0.15, 0.2) is 0 Å². The molecular weight excluding hydrogens is 454 g/mol. The van der Waals surface area contributed by atoms with E-state index in [9.17, 15) is 9.59 Å². The maximum absolute atomic E-state index is 12.4. The van der Waals surface area contributed by atoms with Gasteiger partial charge in [0.2, 0.25) is 5.91 Å². The minimum Gasteiger partial charge on any atom is -0.469 e. The minimum atomic E-state index is -0.352. The molecule has 0 unspecified atom stereocenters. The van der Waals surface area contributed by atoms with Crippen LogP contribution in [-0.4, -0.2) is 29.8 Å². The zero-order valence-electron chi connectivity index (χ0n) is 16.0. The summed E-state index contributed by atoms with van der Waals surface area (Å²) in [4.78, 5) is 28.8. The highest BCUT2D eigenvalue weighted by Crippen LogP contribution is 2.31. The molecule has 2 aromatic carbocycles. The van der Waals surface area contributed by atoms with E-state index in [0.29, 0.717) is 10.7 Å². The predicted octanol–water partition coefficient (Wildman–Crippen LogP) is 5.03. The van der Waals surface area contributed by atoms with Gasteiger partial charge in [-0.2, -0.15) is 0 Å². The van der Waals surface area contributed by atoms with E-state index >= 15 is 0 Å². The first-order valence-corrected chi connectivity index (χ1v) is 10.6. The molecule has 150 valence electrons. The van der Waals surface area contributed by atoms with E-state index in [1.165, 1.54) is 18.9 Å². The number of halogens is 1. The normalized spacial score (nSPS) is 12.7. The third kappa shape index (κ3) is 5.95. The molecule has 0 bridgehead atoms. The van der Waals surface area contributed by atoms with Gasteiger partial charge >= 0.3 is 5.97 Å². The van der Waals surface area contributed by atoms with Crippen molar-refractivity contribution in [1.82, 2.24) is 0 Å². The van der Waals surface area contributed by atoms with Crippen LogP contribution < -0.4 is 10.6 Å². The number of amides is 1. The van der Waals surface area contributed by atoms with E-state index in [1.807, 2.05) is 49.4 Å². The Bertz CT molecular complexity index is 1000. The molecular formula is C21H20BrN3O3S. The average molecular weight is 474 g/mol. The van der Waals surface area contributed by atoms with Gasteiger partial charge < -0.3 is 15.4 Å². The van der Waals surface area contributed by atoms with E-state index in [0.717, 1.165) is 27.1 Å². The molecule has 0 saturated carbocycles. The van der Waals surface area contributed by atoms with E-state index in [4.69, 9.17) is 4.74 Å². The molecule has 2 N–H and O–H groups in total. The van der Waals surface area contributed by atoms with E-state index in [2.05, 4.69) is 31.6 Å². The van der Waals surface area contributed by atoms with E-state index in [-0.39, 0.29) is 24.1 Å². The highest BCUT2D eigenvalue weighted by Gasteiger charge is 2.15. The number of methoxy groups -OCH3 is 1. The maximum Gasteiger partial charge on any atom is 0.311 e. The van der Waals surface area contributed by atoms with Crippen LogP contribution in [0.5, 0.6) is 0 Å². The van der Waals surface area contributed by atoms with Gasteiger partial charge in [-0.15, -0.1) is 0 Å². The van der Waals surface area contributed by atoms with Gasteiger partial charge in [0.25, 0.3) is 0 Å². The maximum atomic E-state index is 12.4. The Morgan fingerprint density at radius 3 is 2.79 bits per heavy atom. The first-order chi connectivity index (χ1) is 13.9. The van der Waals surface area contributed by atoms with Gasteiger partial charge in [0, 0.05) is 10.2 Å². The molecule has 6 nitrogen and oxygen atoms in total. The topological polar surface area (TPSA) is 79.8 Å². The molecule has 1 aliphatic rings.